The SMILES string of the molecule is CC(C)(C)[Si](OC(C#C[Si](C)(C)C)c1ccccc1)(c1ccccc1)c1ccccc1. The van der Waals surface area contributed by atoms with Crippen LogP contribution in [0.4, 0.5) is 0 Å². The van der Waals surface area contributed by atoms with E-state index in [9.17, 15) is 0 Å². The summed E-state index contributed by atoms with van der Waals surface area (Å²) in [4.78, 5) is 0. The van der Waals surface area contributed by atoms with Crippen LogP contribution in [-0.2, 0) is 4.43 Å². The summed E-state index contributed by atoms with van der Waals surface area (Å²) in [6, 6.07) is 32.1. The molecule has 0 radical (unpaired) electrons. The third kappa shape index (κ3) is 5.46. The monoisotopic (exact) mass is 442 g/mol. The Labute approximate surface area is 190 Å². The Morgan fingerprint density at radius 2 is 1.10 bits per heavy atom. The molecular weight excluding hydrogens is 408 g/mol. The molecule has 0 spiro atoms. The lowest BCUT2D eigenvalue weighted by Crippen LogP contribution is -2.66. The fraction of sp³-hybridized carbons (Fsp3) is 0.286. The van der Waals surface area contributed by atoms with Gasteiger partial charge in [0.05, 0.1) is 0 Å². The van der Waals surface area contributed by atoms with Gasteiger partial charge in [0.1, 0.15) is 14.2 Å². The van der Waals surface area contributed by atoms with E-state index in [-0.39, 0.29) is 11.1 Å². The zero-order valence-corrected chi connectivity index (χ0v) is 21.6. The van der Waals surface area contributed by atoms with Crippen LogP contribution < -0.4 is 10.4 Å². The quantitative estimate of drug-likeness (QED) is 0.338. The lowest BCUT2D eigenvalue weighted by atomic mass is 10.1. The van der Waals surface area contributed by atoms with E-state index in [0.717, 1.165) is 5.56 Å². The van der Waals surface area contributed by atoms with Crippen LogP contribution in [0.15, 0.2) is 91.0 Å². The van der Waals surface area contributed by atoms with Crippen molar-refractivity contribution in [1.82, 2.24) is 0 Å². The molecule has 31 heavy (non-hydrogen) atoms. The van der Waals surface area contributed by atoms with Crippen LogP contribution in [0.2, 0.25) is 24.7 Å². The maximum atomic E-state index is 7.34. The second-order valence-electron chi connectivity index (χ2n) is 10.1. The molecule has 0 bridgehead atoms. The topological polar surface area (TPSA) is 9.23 Å². The number of rotatable bonds is 5. The van der Waals surface area contributed by atoms with E-state index in [1.807, 2.05) is 0 Å². The van der Waals surface area contributed by atoms with Crippen LogP contribution in [0.25, 0.3) is 0 Å². The number of hydrogen-bond acceptors (Lipinski definition) is 1. The first-order valence-electron chi connectivity index (χ1n) is 11.0. The average molecular weight is 443 g/mol. The minimum atomic E-state index is -2.68. The second kappa shape index (κ2) is 9.40. The van der Waals surface area contributed by atoms with E-state index in [0.29, 0.717) is 0 Å². The van der Waals surface area contributed by atoms with Crippen molar-refractivity contribution in [1.29, 1.82) is 0 Å². The van der Waals surface area contributed by atoms with Gasteiger partial charge in [-0.15, -0.1) is 5.54 Å². The van der Waals surface area contributed by atoms with Crippen molar-refractivity contribution in [3.05, 3.63) is 96.6 Å². The van der Waals surface area contributed by atoms with Crippen LogP contribution in [0, 0.1) is 11.5 Å². The van der Waals surface area contributed by atoms with Gasteiger partial charge in [-0.2, -0.15) is 0 Å². The van der Waals surface area contributed by atoms with Gasteiger partial charge in [-0.1, -0.05) is 137 Å². The molecule has 3 rings (SSSR count). The molecule has 3 aromatic rings. The fourth-order valence-corrected chi connectivity index (χ4v) is 9.09. The molecule has 0 aliphatic carbocycles. The van der Waals surface area contributed by atoms with Crippen LogP contribution >= 0.6 is 0 Å². The van der Waals surface area contributed by atoms with Crippen molar-refractivity contribution >= 4 is 26.8 Å². The van der Waals surface area contributed by atoms with Crippen molar-refractivity contribution in [2.45, 2.75) is 51.6 Å². The predicted molar refractivity (Wildman–Crippen MR) is 139 cm³/mol. The average Bonchev–Trinajstić information content (AvgIpc) is 2.74. The first-order chi connectivity index (χ1) is 14.6. The Bertz CT molecular complexity index is 981. The molecule has 0 aliphatic heterocycles. The predicted octanol–water partition coefficient (Wildman–Crippen LogP) is 6.19. The number of hydrogen-bond donors (Lipinski definition) is 0. The molecule has 1 unspecified atom stereocenters. The highest BCUT2D eigenvalue weighted by atomic mass is 28.4. The summed E-state index contributed by atoms with van der Waals surface area (Å²) in [6.45, 7) is 13.8. The number of benzene rings is 3. The molecule has 0 heterocycles. The van der Waals surface area contributed by atoms with Gasteiger partial charge in [0.25, 0.3) is 8.32 Å². The van der Waals surface area contributed by atoms with Gasteiger partial charge in [0.2, 0.25) is 0 Å². The van der Waals surface area contributed by atoms with Crippen molar-refractivity contribution in [3.8, 4) is 11.5 Å². The van der Waals surface area contributed by atoms with E-state index < -0.39 is 16.4 Å². The summed E-state index contributed by atoms with van der Waals surface area (Å²) in [5.41, 5.74) is 4.71. The summed E-state index contributed by atoms with van der Waals surface area (Å²) >= 11 is 0. The Kier molecular flexibility index (Phi) is 7.06. The first kappa shape index (κ1) is 23.3. The van der Waals surface area contributed by atoms with Gasteiger partial charge in [-0.05, 0) is 21.0 Å². The molecule has 3 aromatic carbocycles. The zero-order chi connectivity index (χ0) is 22.5. The fourth-order valence-electron chi connectivity index (χ4n) is 3.96. The van der Waals surface area contributed by atoms with Gasteiger partial charge in [-0.25, -0.2) is 0 Å². The normalized spacial score (nSPS) is 13.2. The lowest BCUT2D eigenvalue weighted by Gasteiger charge is -2.44. The highest BCUT2D eigenvalue weighted by Gasteiger charge is 2.51. The van der Waals surface area contributed by atoms with E-state index in [4.69, 9.17) is 4.43 Å². The van der Waals surface area contributed by atoms with Crippen LogP contribution in [0.3, 0.4) is 0 Å². The molecule has 0 amide bonds. The van der Waals surface area contributed by atoms with Gasteiger partial charge >= 0.3 is 0 Å². The third-order valence-corrected chi connectivity index (χ3v) is 11.3. The summed E-state index contributed by atoms with van der Waals surface area (Å²) in [5, 5.41) is 2.48. The Morgan fingerprint density at radius 3 is 1.48 bits per heavy atom. The highest BCUT2D eigenvalue weighted by molar-refractivity contribution is 6.99. The minimum Gasteiger partial charge on any atom is -0.390 e. The van der Waals surface area contributed by atoms with E-state index in [2.05, 4.69) is 143 Å². The second-order valence-corrected chi connectivity index (χ2v) is 19.1. The summed E-state index contributed by atoms with van der Waals surface area (Å²) in [5.74, 6) is 3.57. The minimum absolute atomic E-state index is 0.0798. The molecule has 3 heteroatoms. The summed E-state index contributed by atoms with van der Waals surface area (Å²) in [6.07, 6.45) is -0.265. The van der Waals surface area contributed by atoms with Gasteiger partial charge in [0.15, 0.2) is 0 Å². The first-order valence-corrected chi connectivity index (χ1v) is 16.4. The molecule has 0 aromatic heterocycles. The smallest absolute Gasteiger partial charge is 0.263 e. The molecule has 0 saturated carbocycles. The van der Waals surface area contributed by atoms with Crippen molar-refractivity contribution < 1.29 is 4.43 Å². The molecule has 0 aliphatic rings. The molecular formula is C28H34OSi2. The maximum Gasteiger partial charge on any atom is 0.263 e. The molecule has 1 atom stereocenters. The molecule has 0 fully saturated rings. The highest BCUT2D eigenvalue weighted by Crippen LogP contribution is 2.39. The van der Waals surface area contributed by atoms with E-state index in [1.54, 1.807) is 0 Å². The van der Waals surface area contributed by atoms with Crippen LogP contribution in [-0.4, -0.2) is 16.4 Å². The largest absolute Gasteiger partial charge is 0.390 e. The summed E-state index contributed by atoms with van der Waals surface area (Å²) in [7, 11) is -4.24. The molecule has 1 nitrogen and oxygen atoms in total. The molecule has 0 N–H and O–H groups in total. The third-order valence-electron chi connectivity index (χ3n) is 5.39. The Balaban J connectivity index is 2.26. The zero-order valence-electron chi connectivity index (χ0n) is 19.6. The molecule has 160 valence electrons. The Hall–Kier alpha value is -2.39. The standard InChI is InChI=1S/C28H34OSi2/c1-28(2,3)31(25-18-12-8-13-19-25,26-20-14-9-15-21-26)29-27(22-23-30(4,5)6)24-16-10-7-11-17-24/h7-21,27H,1-6H3. The van der Waals surface area contributed by atoms with Crippen LogP contribution in [0.5, 0.6) is 0 Å². The molecule has 0 saturated heterocycles. The van der Waals surface area contributed by atoms with Crippen molar-refractivity contribution in [3.63, 3.8) is 0 Å². The van der Waals surface area contributed by atoms with Crippen molar-refractivity contribution in [2.24, 2.45) is 0 Å². The van der Waals surface area contributed by atoms with Crippen molar-refractivity contribution in [2.75, 3.05) is 0 Å². The van der Waals surface area contributed by atoms with E-state index in [1.165, 1.54) is 10.4 Å². The van der Waals surface area contributed by atoms with Crippen LogP contribution in [0.1, 0.15) is 32.4 Å². The van der Waals surface area contributed by atoms with Gasteiger partial charge < -0.3 is 4.43 Å². The Morgan fingerprint density at radius 1 is 0.677 bits per heavy atom. The van der Waals surface area contributed by atoms with Gasteiger partial charge in [0, 0.05) is 0 Å². The van der Waals surface area contributed by atoms with E-state index >= 15 is 0 Å². The maximum absolute atomic E-state index is 7.34. The summed E-state index contributed by atoms with van der Waals surface area (Å²) < 4.78 is 7.34. The van der Waals surface area contributed by atoms with Gasteiger partial charge in [-0.3, -0.25) is 0 Å². The lowest BCUT2D eigenvalue weighted by molar-refractivity contribution is 0.247.